The summed E-state index contributed by atoms with van der Waals surface area (Å²) in [5.74, 6) is 0. The monoisotopic (exact) mass is 270 g/mol. The van der Waals surface area contributed by atoms with Crippen LogP contribution in [-0.2, 0) is 19.7 Å². The molecule has 0 saturated carbocycles. The van der Waals surface area contributed by atoms with Gasteiger partial charge < -0.3 is 0 Å². The van der Waals surface area contributed by atoms with Crippen LogP contribution >= 0.6 is 11.6 Å². The van der Waals surface area contributed by atoms with E-state index in [2.05, 4.69) is 9.97 Å². The van der Waals surface area contributed by atoms with E-state index in [9.17, 15) is 16.8 Å². The first kappa shape index (κ1) is 12.3. The van der Waals surface area contributed by atoms with Crippen LogP contribution in [0.1, 0.15) is 0 Å². The minimum atomic E-state index is -3.66. The van der Waals surface area contributed by atoms with Crippen LogP contribution in [0.4, 0.5) is 0 Å². The van der Waals surface area contributed by atoms with Crippen molar-refractivity contribution in [1.29, 1.82) is 0 Å². The third-order valence-electron chi connectivity index (χ3n) is 1.43. The molecule has 0 aromatic carbocycles. The van der Waals surface area contributed by atoms with Gasteiger partial charge in [0.25, 0.3) is 0 Å². The van der Waals surface area contributed by atoms with Crippen LogP contribution in [0.25, 0.3) is 0 Å². The normalized spacial score (nSPS) is 12.7. The van der Waals surface area contributed by atoms with Crippen LogP contribution in [0.15, 0.2) is 16.4 Å². The van der Waals surface area contributed by atoms with E-state index in [0.717, 1.165) is 18.8 Å². The van der Waals surface area contributed by atoms with Crippen molar-refractivity contribution < 1.29 is 16.8 Å². The molecule has 0 fully saturated rings. The molecule has 15 heavy (non-hydrogen) atoms. The molecule has 0 saturated heterocycles. The van der Waals surface area contributed by atoms with E-state index in [1.807, 2.05) is 0 Å². The molecular formula is C6H7ClN2O4S2. The molecule has 0 aliphatic carbocycles. The lowest BCUT2D eigenvalue weighted by Gasteiger charge is -2.03. The molecule has 1 aromatic heterocycles. The fourth-order valence-corrected chi connectivity index (χ4v) is 3.18. The summed E-state index contributed by atoms with van der Waals surface area (Å²) in [6.07, 6.45) is 2.61. The predicted octanol–water partition coefficient (Wildman–Crippen LogP) is -0.0630. The number of hydrogen-bond donors (Lipinski definition) is 0. The molecule has 0 aliphatic heterocycles. The first-order valence-electron chi connectivity index (χ1n) is 3.54. The summed E-state index contributed by atoms with van der Waals surface area (Å²) in [5.41, 5.74) is 0. The second-order valence-electron chi connectivity index (χ2n) is 2.84. The Morgan fingerprint density at radius 3 is 1.60 bits per heavy atom. The van der Waals surface area contributed by atoms with Crippen molar-refractivity contribution in [3.8, 4) is 0 Å². The van der Waals surface area contributed by atoms with Gasteiger partial charge in [-0.3, -0.25) is 0 Å². The number of halogens is 1. The van der Waals surface area contributed by atoms with Crippen LogP contribution < -0.4 is 0 Å². The molecule has 0 aliphatic rings. The predicted molar refractivity (Wildman–Crippen MR) is 53.3 cm³/mol. The van der Waals surface area contributed by atoms with Crippen molar-refractivity contribution in [2.75, 3.05) is 12.5 Å². The third kappa shape index (κ3) is 2.64. The number of hydrogen-bond acceptors (Lipinski definition) is 6. The Morgan fingerprint density at radius 2 is 1.33 bits per heavy atom. The lowest BCUT2D eigenvalue weighted by Crippen LogP contribution is -2.08. The number of aromatic nitrogens is 2. The van der Waals surface area contributed by atoms with Crippen molar-refractivity contribution in [3.63, 3.8) is 0 Å². The van der Waals surface area contributed by atoms with Crippen molar-refractivity contribution in [2.24, 2.45) is 0 Å². The maximum atomic E-state index is 11.2. The van der Waals surface area contributed by atoms with Gasteiger partial charge in [0, 0.05) is 12.5 Å². The molecule has 0 amide bonds. The summed E-state index contributed by atoms with van der Waals surface area (Å²) in [6.45, 7) is 0. The molecular weight excluding hydrogens is 264 g/mol. The zero-order valence-corrected chi connectivity index (χ0v) is 10.2. The standard InChI is InChI=1S/C6H7ClN2O4S2/c1-14(10,11)5-4(7)6(9-3-8-5)15(2,12)13/h3H,1-2H3. The Balaban J connectivity index is 3.65. The van der Waals surface area contributed by atoms with E-state index < -0.39 is 34.7 Å². The van der Waals surface area contributed by atoms with Crippen LogP contribution in [0.2, 0.25) is 5.02 Å². The molecule has 1 aromatic rings. The Morgan fingerprint density at radius 1 is 1.00 bits per heavy atom. The zero-order valence-electron chi connectivity index (χ0n) is 7.80. The highest BCUT2D eigenvalue weighted by molar-refractivity contribution is 7.91. The zero-order chi connectivity index (χ0) is 11.9. The second kappa shape index (κ2) is 3.69. The molecule has 9 heteroatoms. The quantitative estimate of drug-likeness (QED) is 0.699. The average Bonchev–Trinajstić information content (AvgIpc) is 1.99. The van der Waals surface area contributed by atoms with E-state index in [-0.39, 0.29) is 0 Å². The molecule has 0 N–H and O–H groups in total. The van der Waals surface area contributed by atoms with E-state index in [1.165, 1.54) is 0 Å². The summed E-state index contributed by atoms with van der Waals surface area (Å²) in [7, 11) is -7.33. The number of nitrogens with zero attached hydrogens (tertiary/aromatic N) is 2. The molecule has 0 atom stereocenters. The highest BCUT2D eigenvalue weighted by atomic mass is 35.5. The molecule has 6 nitrogen and oxygen atoms in total. The minimum absolute atomic E-state index is 0.470. The van der Waals surface area contributed by atoms with Crippen LogP contribution in [0.3, 0.4) is 0 Å². The lowest BCUT2D eigenvalue weighted by molar-refractivity contribution is 0.593. The van der Waals surface area contributed by atoms with Gasteiger partial charge in [0.1, 0.15) is 11.3 Å². The SMILES string of the molecule is CS(=O)(=O)c1ncnc(S(C)(=O)=O)c1Cl. The maximum absolute atomic E-state index is 11.2. The smallest absolute Gasteiger partial charge is 0.194 e. The van der Waals surface area contributed by atoms with Gasteiger partial charge >= 0.3 is 0 Å². The first-order valence-corrected chi connectivity index (χ1v) is 7.70. The van der Waals surface area contributed by atoms with Crippen molar-refractivity contribution in [3.05, 3.63) is 11.3 Å². The van der Waals surface area contributed by atoms with E-state index in [1.54, 1.807) is 0 Å². The lowest BCUT2D eigenvalue weighted by atomic mass is 10.7. The van der Waals surface area contributed by atoms with Gasteiger partial charge in [-0.1, -0.05) is 11.6 Å². The number of sulfone groups is 2. The molecule has 0 radical (unpaired) electrons. The molecule has 84 valence electrons. The molecule has 0 bridgehead atoms. The minimum Gasteiger partial charge on any atom is -0.223 e. The van der Waals surface area contributed by atoms with E-state index in [0.29, 0.717) is 0 Å². The highest BCUT2D eigenvalue weighted by Crippen LogP contribution is 2.24. The number of rotatable bonds is 2. The van der Waals surface area contributed by atoms with Gasteiger partial charge in [0.2, 0.25) is 0 Å². The van der Waals surface area contributed by atoms with E-state index in [4.69, 9.17) is 11.6 Å². The van der Waals surface area contributed by atoms with Crippen molar-refractivity contribution >= 4 is 31.3 Å². The molecule has 1 rings (SSSR count). The van der Waals surface area contributed by atoms with Crippen LogP contribution in [0.5, 0.6) is 0 Å². The van der Waals surface area contributed by atoms with Crippen molar-refractivity contribution in [2.45, 2.75) is 10.1 Å². The Labute approximate surface area is 92.2 Å². The highest BCUT2D eigenvalue weighted by Gasteiger charge is 2.22. The van der Waals surface area contributed by atoms with Gasteiger partial charge in [-0.15, -0.1) is 0 Å². The topological polar surface area (TPSA) is 94.1 Å². The molecule has 0 unspecified atom stereocenters. The Kier molecular flexibility index (Phi) is 3.04. The fourth-order valence-electron chi connectivity index (χ4n) is 0.856. The van der Waals surface area contributed by atoms with Gasteiger partial charge in [0.05, 0.1) is 0 Å². The van der Waals surface area contributed by atoms with E-state index >= 15 is 0 Å². The van der Waals surface area contributed by atoms with Crippen molar-refractivity contribution in [1.82, 2.24) is 9.97 Å². The molecule has 0 spiro atoms. The third-order valence-corrected chi connectivity index (χ3v) is 4.03. The first-order chi connectivity index (χ1) is 6.64. The van der Waals surface area contributed by atoms with Crippen LogP contribution in [0, 0.1) is 0 Å². The summed E-state index contributed by atoms with van der Waals surface area (Å²) in [6, 6.07) is 0. The summed E-state index contributed by atoms with van der Waals surface area (Å²) < 4.78 is 44.7. The maximum Gasteiger partial charge on any atom is 0.194 e. The summed E-state index contributed by atoms with van der Waals surface area (Å²) >= 11 is 5.59. The molecule has 1 heterocycles. The Bertz CT molecular complexity index is 543. The Hall–Kier alpha value is -0.730. The summed E-state index contributed by atoms with van der Waals surface area (Å²) in [5, 5.41) is -1.44. The van der Waals surface area contributed by atoms with Gasteiger partial charge in [0.15, 0.2) is 29.7 Å². The summed E-state index contributed by atoms with van der Waals surface area (Å²) in [4.78, 5) is 6.86. The van der Waals surface area contributed by atoms with Gasteiger partial charge in [-0.05, 0) is 0 Å². The fraction of sp³-hybridized carbons (Fsp3) is 0.333. The largest absolute Gasteiger partial charge is 0.223 e. The van der Waals surface area contributed by atoms with Gasteiger partial charge in [-0.25, -0.2) is 26.8 Å². The van der Waals surface area contributed by atoms with Gasteiger partial charge in [-0.2, -0.15) is 0 Å². The second-order valence-corrected chi connectivity index (χ2v) is 7.08. The average molecular weight is 271 g/mol. The van der Waals surface area contributed by atoms with Crippen LogP contribution in [-0.4, -0.2) is 39.3 Å².